The van der Waals surface area contributed by atoms with E-state index in [-0.39, 0.29) is 18.8 Å². The molecule has 4 heterocycles. The van der Waals surface area contributed by atoms with Crippen LogP contribution in [0, 0.1) is 5.92 Å². The minimum absolute atomic E-state index is 0.0659. The number of fused-ring (bicyclic) bond motifs is 2. The molecule has 34 heavy (non-hydrogen) atoms. The fourth-order valence-corrected chi connectivity index (χ4v) is 4.95. The van der Waals surface area contributed by atoms with Crippen molar-refractivity contribution < 1.29 is 9.13 Å². The maximum Gasteiger partial charge on any atom is 0.187 e. The van der Waals surface area contributed by atoms with Gasteiger partial charge in [0, 0.05) is 24.2 Å². The van der Waals surface area contributed by atoms with Crippen LogP contribution < -0.4 is 4.74 Å². The Morgan fingerprint density at radius 1 is 1.09 bits per heavy atom. The second kappa shape index (κ2) is 9.66. The lowest BCUT2D eigenvalue weighted by Gasteiger charge is -2.25. The van der Waals surface area contributed by atoms with Gasteiger partial charge in [-0.15, -0.1) is 10.2 Å². The van der Waals surface area contributed by atoms with Gasteiger partial charge in [-0.1, -0.05) is 24.3 Å². The maximum atomic E-state index is 12.6. The summed E-state index contributed by atoms with van der Waals surface area (Å²) in [4.78, 5) is 7.42. The fourth-order valence-electron chi connectivity index (χ4n) is 4.95. The topological polar surface area (TPSA) is 55.6 Å². The monoisotopic (exact) mass is 461 g/mol. The molecule has 0 amide bonds. The number of hydrogen-bond donors (Lipinski definition) is 0. The van der Waals surface area contributed by atoms with Crippen LogP contribution in [0.4, 0.5) is 4.39 Å². The van der Waals surface area contributed by atoms with Crippen LogP contribution in [-0.2, 0) is 0 Å². The summed E-state index contributed by atoms with van der Waals surface area (Å²) in [5.41, 5.74) is 3.59. The van der Waals surface area contributed by atoms with Crippen molar-refractivity contribution >= 4 is 16.6 Å². The number of rotatable bonds is 8. The predicted molar refractivity (Wildman–Crippen MR) is 133 cm³/mol. The summed E-state index contributed by atoms with van der Waals surface area (Å²) >= 11 is 0. The molecular formula is C27H32FN5O. The van der Waals surface area contributed by atoms with Gasteiger partial charge < -0.3 is 4.74 Å². The van der Waals surface area contributed by atoms with Crippen molar-refractivity contribution in [3.63, 3.8) is 0 Å². The van der Waals surface area contributed by atoms with E-state index < -0.39 is 0 Å². The van der Waals surface area contributed by atoms with Gasteiger partial charge in [0.15, 0.2) is 11.5 Å². The number of nitrogens with zero attached hydrogens (tertiary/aromatic N) is 5. The largest absolute Gasteiger partial charge is 0.489 e. The van der Waals surface area contributed by atoms with Crippen molar-refractivity contribution in [3.05, 3.63) is 54.2 Å². The van der Waals surface area contributed by atoms with Crippen LogP contribution >= 0.6 is 0 Å². The number of benzene rings is 1. The lowest BCUT2D eigenvalue weighted by atomic mass is 10.0. The van der Waals surface area contributed by atoms with Crippen LogP contribution in [0.1, 0.15) is 51.6 Å². The zero-order valence-electron chi connectivity index (χ0n) is 20.1. The lowest BCUT2D eigenvalue weighted by molar-refractivity contribution is 0.245. The SMILES string of the molecule is CC(C)Oc1cccc2ccc(-c3nnc4ccc([C@H](C)N5CC[C@H](CCCF)C5)cn34)nc12. The summed E-state index contributed by atoms with van der Waals surface area (Å²) in [6.45, 7) is 8.14. The van der Waals surface area contributed by atoms with Gasteiger partial charge in [-0.2, -0.15) is 0 Å². The zero-order valence-corrected chi connectivity index (χ0v) is 20.1. The van der Waals surface area contributed by atoms with Crippen molar-refractivity contribution in [2.24, 2.45) is 5.92 Å². The van der Waals surface area contributed by atoms with E-state index in [1.807, 2.05) is 48.6 Å². The van der Waals surface area contributed by atoms with Crippen molar-refractivity contribution in [2.45, 2.75) is 52.2 Å². The number of halogens is 1. The number of likely N-dealkylation sites (tertiary alicyclic amines) is 1. The Morgan fingerprint density at radius 3 is 2.79 bits per heavy atom. The molecule has 0 bridgehead atoms. The number of ether oxygens (including phenoxy) is 1. The summed E-state index contributed by atoms with van der Waals surface area (Å²) in [5, 5.41) is 9.88. The highest BCUT2D eigenvalue weighted by Gasteiger charge is 2.27. The first-order valence-corrected chi connectivity index (χ1v) is 12.2. The van der Waals surface area contributed by atoms with Crippen molar-refractivity contribution in [1.29, 1.82) is 0 Å². The quantitative estimate of drug-likeness (QED) is 0.329. The normalized spacial score (nSPS) is 17.7. The molecule has 1 aliphatic rings. The smallest absolute Gasteiger partial charge is 0.187 e. The van der Waals surface area contributed by atoms with Gasteiger partial charge in [0.1, 0.15) is 17.0 Å². The Hall–Kier alpha value is -3.06. The average Bonchev–Trinajstić information content (AvgIpc) is 3.49. The molecule has 1 fully saturated rings. The summed E-state index contributed by atoms with van der Waals surface area (Å²) < 4.78 is 20.6. The average molecular weight is 462 g/mol. The molecule has 5 rings (SSSR count). The maximum absolute atomic E-state index is 12.6. The second-order valence-electron chi connectivity index (χ2n) is 9.56. The standard InChI is InChI=1S/C27H32FN5O/c1-18(2)34-24-8-4-7-21-9-11-23(29-26(21)24)27-31-30-25-12-10-22(17-33(25)27)19(3)32-15-13-20(16-32)6-5-14-28/h4,7-12,17-20H,5-6,13-16H2,1-3H3/t19-,20-/m0/s1. The van der Waals surface area contributed by atoms with E-state index in [2.05, 4.69) is 40.4 Å². The van der Waals surface area contributed by atoms with Gasteiger partial charge in [-0.05, 0) is 76.3 Å². The van der Waals surface area contributed by atoms with E-state index in [1.54, 1.807) is 0 Å². The Kier molecular flexibility index (Phi) is 6.46. The number of alkyl halides is 1. The Bertz CT molecular complexity index is 1290. The third-order valence-corrected chi connectivity index (χ3v) is 6.79. The fraction of sp³-hybridized carbons (Fsp3) is 0.444. The van der Waals surface area contributed by atoms with Crippen molar-refractivity contribution in [3.8, 4) is 17.3 Å². The molecule has 178 valence electrons. The number of para-hydroxylation sites is 1. The van der Waals surface area contributed by atoms with Gasteiger partial charge in [0.05, 0.1) is 12.8 Å². The molecule has 0 unspecified atom stereocenters. The Balaban J connectivity index is 1.46. The summed E-state index contributed by atoms with van der Waals surface area (Å²) in [7, 11) is 0. The summed E-state index contributed by atoms with van der Waals surface area (Å²) in [5.74, 6) is 2.08. The Labute approximate surface area is 199 Å². The van der Waals surface area contributed by atoms with Crippen molar-refractivity contribution in [1.82, 2.24) is 24.5 Å². The minimum Gasteiger partial charge on any atom is -0.489 e. The van der Waals surface area contributed by atoms with Gasteiger partial charge in [-0.3, -0.25) is 13.7 Å². The molecule has 2 atom stereocenters. The predicted octanol–water partition coefficient (Wildman–Crippen LogP) is 5.86. The molecule has 0 aliphatic carbocycles. The second-order valence-corrected chi connectivity index (χ2v) is 9.56. The first-order chi connectivity index (χ1) is 16.5. The molecule has 4 aromatic rings. The zero-order chi connectivity index (χ0) is 23.7. The van der Waals surface area contributed by atoms with Crippen LogP contribution in [0.5, 0.6) is 5.75 Å². The van der Waals surface area contributed by atoms with E-state index in [1.165, 1.54) is 5.56 Å². The van der Waals surface area contributed by atoms with E-state index in [0.29, 0.717) is 18.2 Å². The molecule has 1 saturated heterocycles. The highest BCUT2D eigenvalue weighted by molar-refractivity contribution is 5.86. The number of hydrogen-bond acceptors (Lipinski definition) is 5. The Morgan fingerprint density at radius 2 is 1.97 bits per heavy atom. The van der Waals surface area contributed by atoms with Crippen LogP contribution in [-0.4, -0.2) is 50.4 Å². The molecule has 0 saturated carbocycles. The third-order valence-electron chi connectivity index (χ3n) is 6.79. The van der Waals surface area contributed by atoms with Crippen molar-refractivity contribution in [2.75, 3.05) is 19.8 Å². The van der Waals surface area contributed by atoms with E-state index >= 15 is 0 Å². The van der Waals surface area contributed by atoms with Gasteiger partial charge in [0.2, 0.25) is 0 Å². The highest BCUT2D eigenvalue weighted by Crippen LogP contribution is 2.31. The molecule has 3 aromatic heterocycles. The van der Waals surface area contributed by atoms with Crippen LogP contribution in [0.3, 0.4) is 0 Å². The van der Waals surface area contributed by atoms with Gasteiger partial charge in [0.25, 0.3) is 0 Å². The van der Waals surface area contributed by atoms with E-state index in [4.69, 9.17) is 9.72 Å². The van der Waals surface area contributed by atoms with Crippen LogP contribution in [0.2, 0.25) is 0 Å². The van der Waals surface area contributed by atoms with Crippen LogP contribution in [0.25, 0.3) is 28.1 Å². The molecule has 1 aromatic carbocycles. The van der Waals surface area contributed by atoms with E-state index in [9.17, 15) is 4.39 Å². The molecule has 7 heteroatoms. The molecule has 6 nitrogen and oxygen atoms in total. The first kappa shape index (κ1) is 22.7. The molecule has 0 radical (unpaired) electrons. The molecule has 0 spiro atoms. The highest BCUT2D eigenvalue weighted by atomic mass is 19.1. The van der Waals surface area contributed by atoms with E-state index in [0.717, 1.165) is 53.9 Å². The van der Waals surface area contributed by atoms with Crippen LogP contribution in [0.15, 0.2) is 48.7 Å². The first-order valence-electron chi connectivity index (χ1n) is 12.2. The minimum atomic E-state index is -0.215. The lowest BCUT2D eigenvalue weighted by Crippen LogP contribution is -2.24. The molecule has 1 aliphatic heterocycles. The molecule has 0 N–H and O–H groups in total. The summed E-state index contributed by atoms with van der Waals surface area (Å²) in [6.07, 6.45) is 4.99. The number of pyridine rings is 2. The van der Waals surface area contributed by atoms with Gasteiger partial charge in [-0.25, -0.2) is 4.98 Å². The summed E-state index contributed by atoms with van der Waals surface area (Å²) in [6, 6.07) is 14.5. The molecular weight excluding hydrogens is 429 g/mol. The number of aromatic nitrogens is 4. The third kappa shape index (κ3) is 4.49. The van der Waals surface area contributed by atoms with Gasteiger partial charge >= 0.3 is 0 Å².